The molecule has 2 N–H and O–H groups in total. The van der Waals surface area contributed by atoms with Crippen LogP contribution in [0.1, 0.15) is 21.7 Å². The number of aryl methyl sites for hydroxylation is 1. The lowest BCUT2D eigenvalue weighted by Gasteiger charge is -2.08. The molecule has 0 radical (unpaired) electrons. The molecule has 0 aliphatic heterocycles. The van der Waals surface area contributed by atoms with Gasteiger partial charge < -0.3 is 15.0 Å². The average molecular weight is 210 g/mol. The third-order valence-corrected chi connectivity index (χ3v) is 2.30. The Balaban J connectivity index is 2.72. The first-order chi connectivity index (χ1) is 7.06. The Morgan fingerprint density at radius 1 is 1.60 bits per heavy atom. The van der Waals surface area contributed by atoms with Crippen LogP contribution in [-0.4, -0.2) is 23.6 Å². The number of hydrogen-bond donors (Lipinski definition) is 1. The van der Waals surface area contributed by atoms with Crippen molar-refractivity contribution in [2.24, 2.45) is 5.73 Å². The minimum Gasteiger partial charge on any atom is -0.448 e. The Hall–Kier alpha value is -1.78. The first-order valence-corrected chi connectivity index (χ1v) is 4.60. The quantitative estimate of drug-likeness (QED) is 0.754. The van der Waals surface area contributed by atoms with E-state index in [1.807, 2.05) is 18.4 Å². The molecular weight excluding hydrogens is 196 g/mol. The average Bonchev–Trinajstić information content (AvgIpc) is 2.44. The van der Waals surface area contributed by atoms with Crippen LogP contribution in [0.2, 0.25) is 0 Å². The smallest absolute Gasteiger partial charge is 0.404 e. The number of nitrogens with zero attached hydrogens (tertiary/aromatic N) is 1. The van der Waals surface area contributed by atoms with E-state index in [0.29, 0.717) is 12.1 Å². The summed E-state index contributed by atoms with van der Waals surface area (Å²) in [6.45, 7) is 4.46. The molecule has 5 heteroatoms. The van der Waals surface area contributed by atoms with Gasteiger partial charge in [-0.15, -0.1) is 0 Å². The SMILES string of the molecule is Cc1cc(C=O)c(C)n1CCOC(N)=O. The first kappa shape index (κ1) is 11.3. The first-order valence-electron chi connectivity index (χ1n) is 4.60. The Morgan fingerprint density at radius 2 is 2.27 bits per heavy atom. The van der Waals surface area contributed by atoms with Gasteiger partial charge in [0.2, 0.25) is 0 Å². The highest BCUT2D eigenvalue weighted by molar-refractivity contribution is 5.77. The zero-order valence-electron chi connectivity index (χ0n) is 8.82. The number of aromatic nitrogens is 1. The van der Waals surface area contributed by atoms with E-state index in [4.69, 9.17) is 5.73 Å². The topological polar surface area (TPSA) is 74.3 Å². The van der Waals surface area contributed by atoms with Crippen LogP contribution in [0.25, 0.3) is 0 Å². The van der Waals surface area contributed by atoms with Crippen LogP contribution in [0.5, 0.6) is 0 Å². The molecule has 1 aromatic heterocycles. The maximum absolute atomic E-state index is 10.7. The van der Waals surface area contributed by atoms with Crippen molar-refractivity contribution in [2.75, 3.05) is 6.61 Å². The van der Waals surface area contributed by atoms with E-state index >= 15 is 0 Å². The number of ether oxygens (including phenoxy) is 1. The second kappa shape index (κ2) is 4.63. The van der Waals surface area contributed by atoms with Crippen molar-refractivity contribution in [3.05, 3.63) is 23.0 Å². The van der Waals surface area contributed by atoms with Crippen LogP contribution in [0.4, 0.5) is 4.79 Å². The highest BCUT2D eigenvalue weighted by atomic mass is 16.5. The summed E-state index contributed by atoms with van der Waals surface area (Å²) >= 11 is 0. The number of rotatable bonds is 4. The molecule has 1 amide bonds. The number of amides is 1. The Morgan fingerprint density at radius 3 is 2.73 bits per heavy atom. The van der Waals surface area contributed by atoms with Gasteiger partial charge in [-0.05, 0) is 19.9 Å². The summed E-state index contributed by atoms with van der Waals surface area (Å²) in [7, 11) is 0. The van der Waals surface area contributed by atoms with E-state index < -0.39 is 6.09 Å². The van der Waals surface area contributed by atoms with Gasteiger partial charge in [-0.3, -0.25) is 4.79 Å². The largest absolute Gasteiger partial charge is 0.448 e. The van der Waals surface area contributed by atoms with Crippen molar-refractivity contribution in [3.8, 4) is 0 Å². The van der Waals surface area contributed by atoms with Crippen molar-refractivity contribution in [1.29, 1.82) is 0 Å². The molecule has 82 valence electrons. The zero-order valence-corrected chi connectivity index (χ0v) is 8.82. The molecule has 0 unspecified atom stereocenters. The highest BCUT2D eigenvalue weighted by Gasteiger charge is 2.07. The lowest BCUT2D eigenvalue weighted by atomic mass is 10.3. The Kier molecular flexibility index (Phi) is 3.49. The normalized spacial score (nSPS) is 10.0. The summed E-state index contributed by atoms with van der Waals surface area (Å²) in [6, 6.07) is 1.80. The van der Waals surface area contributed by atoms with E-state index in [9.17, 15) is 9.59 Å². The molecule has 0 aromatic carbocycles. The van der Waals surface area contributed by atoms with Crippen LogP contribution in [-0.2, 0) is 11.3 Å². The molecule has 0 fully saturated rings. The second-order valence-electron chi connectivity index (χ2n) is 3.26. The van der Waals surface area contributed by atoms with Gasteiger partial charge in [-0.2, -0.15) is 0 Å². The maximum Gasteiger partial charge on any atom is 0.404 e. The molecule has 0 saturated carbocycles. The molecule has 0 aliphatic carbocycles. The van der Waals surface area contributed by atoms with Crippen LogP contribution < -0.4 is 5.73 Å². The predicted octanol–water partition coefficient (Wildman–Crippen LogP) is 1.01. The summed E-state index contributed by atoms with van der Waals surface area (Å²) in [5.41, 5.74) is 7.33. The molecule has 0 atom stereocenters. The van der Waals surface area contributed by atoms with Gasteiger partial charge in [0, 0.05) is 17.0 Å². The zero-order chi connectivity index (χ0) is 11.4. The Bertz CT molecular complexity index is 382. The van der Waals surface area contributed by atoms with E-state index in [1.165, 1.54) is 0 Å². The third kappa shape index (κ3) is 2.59. The van der Waals surface area contributed by atoms with Crippen molar-refractivity contribution in [3.63, 3.8) is 0 Å². The van der Waals surface area contributed by atoms with Gasteiger partial charge >= 0.3 is 6.09 Å². The lowest BCUT2D eigenvalue weighted by Crippen LogP contribution is -2.17. The molecule has 0 spiro atoms. The monoisotopic (exact) mass is 210 g/mol. The lowest BCUT2D eigenvalue weighted by molar-refractivity contribution is 0.112. The molecule has 1 heterocycles. The molecule has 0 aliphatic rings. The van der Waals surface area contributed by atoms with Gasteiger partial charge in [0.15, 0.2) is 6.29 Å². The number of nitrogens with two attached hydrogens (primary N) is 1. The van der Waals surface area contributed by atoms with E-state index in [2.05, 4.69) is 4.74 Å². The van der Waals surface area contributed by atoms with Crippen LogP contribution >= 0.6 is 0 Å². The van der Waals surface area contributed by atoms with Gasteiger partial charge in [-0.1, -0.05) is 0 Å². The van der Waals surface area contributed by atoms with Gasteiger partial charge in [0.05, 0.1) is 6.54 Å². The van der Waals surface area contributed by atoms with E-state index in [-0.39, 0.29) is 6.61 Å². The van der Waals surface area contributed by atoms with Crippen molar-refractivity contribution in [1.82, 2.24) is 4.57 Å². The highest BCUT2D eigenvalue weighted by Crippen LogP contribution is 2.12. The van der Waals surface area contributed by atoms with Crippen molar-refractivity contribution in [2.45, 2.75) is 20.4 Å². The molecule has 5 nitrogen and oxygen atoms in total. The number of aldehydes is 1. The molecular formula is C10H14N2O3. The minimum absolute atomic E-state index is 0.212. The van der Waals surface area contributed by atoms with Crippen LogP contribution in [0, 0.1) is 13.8 Å². The van der Waals surface area contributed by atoms with E-state index in [0.717, 1.165) is 17.7 Å². The fourth-order valence-electron chi connectivity index (χ4n) is 1.53. The predicted molar refractivity (Wildman–Crippen MR) is 54.8 cm³/mol. The minimum atomic E-state index is -0.784. The van der Waals surface area contributed by atoms with Crippen LogP contribution in [0.15, 0.2) is 6.07 Å². The summed E-state index contributed by atoms with van der Waals surface area (Å²) in [5.74, 6) is 0. The summed E-state index contributed by atoms with van der Waals surface area (Å²) in [5, 5.41) is 0. The Labute approximate surface area is 87.8 Å². The van der Waals surface area contributed by atoms with Gasteiger partial charge in [-0.25, -0.2) is 4.79 Å². The summed E-state index contributed by atoms with van der Waals surface area (Å²) in [4.78, 5) is 21.0. The number of hydrogen-bond acceptors (Lipinski definition) is 3. The van der Waals surface area contributed by atoms with Crippen molar-refractivity contribution < 1.29 is 14.3 Å². The standard InChI is InChI=1S/C10H14N2O3/c1-7-5-9(6-13)8(2)12(7)3-4-15-10(11)14/h5-6H,3-4H2,1-2H3,(H2,11,14). The molecule has 1 aromatic rings. The maximum atomic E-state index is 10.7. The number of carbonyl (C=O) groups excluding carboxylic acids is 2. The fourth-order valence-corrected chi connectivity index (χ4v) is 1.53. The van der Waals surface area contributed by atoms with E-state index in [1.54, 1.807) is 6.07 Å². The molecule has 0 bridgehead atoms. The van der Waals surface area contributed by atoms with Crippen molar-refractivity contribution >= 4 is 12.4 Å². The molecule has 15 heavy (non-hydrogen) atoms. The summed E-state index contributed by atoms with van der Waals surface area (Å²) in [6.07, 6.45) is 0.0291. The fraction of sp³-hybridized carbons (Fsp3) is 0.400. The third-order valence-electron chi connectivity index (χ3n) is 2.30. The number of carbonyl (C=O) groups is 2. The second-order valence-corrected chi connectivity index (χ2v) is 3.26. The summed E-state index contributed by atoms with van der Waals surface area (Å²) < 4.78 is 6.54. The van der Waals surface area contributed by atoms with Crippen LogP contribution in [0.3, 0.4) is 0 Å². The van der Waals surface area contributed by atoms with Gasteiger partial charge in [0.1, 0.15) is 6.61 Å². The number of primary amides is 1. The van der Waals surface area contributed by atoms with Gasteiger partial charge in [0.25, 0.3) is 0 Å². The molecule has 1 rings (SSSR count). The molecule has 0 saturated heterocycles.